The Morgan fingerprint density at radius 3 is 2.35 bits per heavy atom. The van der Waals surface area contributed by atoms with Gasteiger partial charge in [0.2, 0.25) is 5.91 Å². The van der Waals surface area contributed by atoms with Crippen LogP contribution in [0.3, 0.4) is 0 Å². The Kier molecular flexibility index (Phi) is 3.50. The van der Waals surface area contributed by atoms with E-state index in [4.69, 9.17) is 0 Å². The predicted octanol–water partition coefficient (Wildman–Crippen LogP) is 2.94. The zero-order valence-electron chi connectivity index (χ0n) is 11.5. The quantitative estimate of drug-likeness (QED) is 0.924. The van der Waals surface area contributed by atoms with Crippen LogP contribution < -0.4 is 5.32 Å². The molecule has 3 heteroatoms. The molecule has 1 aromatic heterocycles. The van der Waals surface area contributed by atoms with E-state index in [2.05, 4.69) is 17.2 Å². The molecule has 2 aromatic rings. The maximum Gasteiger partial charge on any atom is 0.224 e. The van der Waals surface area contributed by atoms with Crippen LogP contribution >= 0.6 is 0 Å². The molecular weight excluding hydrogens is 248 g/mol. The van der Waals surface area contributed by atoms with Crippen LogP contribution in [-0.4, -0.2) is 10.9 Å². The van der Waals surface area contributed by atoms with Crippen molar-refractivity contribution >= 4 is 5.91 Å². The van der Waals surface area contributed by atoms with Gasteiger partial charge in [0.15, 0.2) is 0 Å². The third kappa shape index (κ3) is 2.72. The van der Waals surface area contributed by atoms with Gasteiger partial charge in [0.25, 0.3) is 0 Å². The van der Waals surface area contributed by atoms with E-state index >= 15 is 0 Å². The summed E-state index contributed by atoms with van der Waals surface area (Å²) in [6, 6.07) is 13.9. The lowest BCUT2D eigenvalue weighted by Crippen LogP contribution is -2.30. The van der Waals surface area contributed by atoms with Gasteiger partial charge in [-0.15, -0.1) is 0 Å². The van der Waals surface area contributed by atoms with Gasteiger partial charge < -0.3 is 5.32 Å². The molecule has 102 valence electrons. The van der Waals surface area contributed by atoms with Gasteiger partial charge in [-0.2, -0.15) is 0 Å². The summed E-state index contributed by atoms with van der Waals surface area (Å²) in [5, 5.41) is 3.18. The number of nitrogens with zero attached hydrogens (tertiary/aromatic N) is 1. The Balaban J connectivity index is 1.86. The van der Waals surface area contributed by atoms with Crippen molar-refractivity contribution in [3.63, 3.8) is 0 Å². The monoisotopic (exact) mass is 266 g/mol. The minimum absolute atomic E-state index is 0.0977. The lowest BCUT2D eigenvalue weighted by atomic mass is 9.99. The molecule has 3 rings (SSSR count). The number of rotatable bonds is 4. The van der Waals surface area contributed by atoms with Gasteiger partial charge in [-0.05, 0) is 35.6 Å². The van der Waals surface area contributed by atoms with Crippen molar-refractivity contribution in [2.24, 2.45) is 11.8 Å². The van der Waals surface area contributed by atoms with E-state index in [1.165, 1.54) is 0 Å². The standard InChI is InChI=1S/C17H18N2O/c1-12-11-15(12)17(20)19-16(13-5-3-2-4-6-13)14-7-9-18-10-8-14/h2-10,12,15-16H,11H2,1H3,(H,19,20)/t12-,15+,16+/m1/s1. The average Bonchev–Trinajstić information content (AvgIpc) is 3.23. The predicted molar refractivity (Wildman–Crippen MR) is 77.9 cm³/mol. The molecule has 1 saturated carbocycles. The fourth-order valence-electron chi connectivity index (χ4n) is 2.50. The molecule has 0 saturated heterocycles. The topological polar surface area (TPSA) is 42.0 Å². The molecule has 3 nitrogen and oxygen atoms in total. The van der Waals surface area contributed by atoms with E-state index in [0.717, 1.165) is 17.5 Å². The van der Waals surface area contributed by atoms with Gasteiger partial charge in [0.05, 0.1) is 6.04 Å². The third-order valence-electron chi connectivity index (χ3n) is 3.91. The average molecular weight is 266 g/mol. The molecule has 0 aliphatic heterocycles. The number of hydrogen-bond donors (Lipinski definition) is 1. The van der Waals surface area contributed by atoms with Crippen LogP contribution in [-0.2, 0) is 4.79 Å². The van der Waals surface area contributed by atoms with Crippen molar-refractivity contribution in [1.82, 2.24) is 10.3 Å². The van der Waals surface area contributed by atoms with E-state index in [1.54, 1.807) is 12.4 Å². The number of carbonyl (C=O) groups is 1. The van der Waals surface area contributed by atoms with E-state index < -0.39 is 0 Å². The van der Waals surface area contributed by atoms with Crippen LogP contribution in [0.4, 0.5) is 0 Å². The molecule has 20 heavy (non-hydrogen) atoms. The Morgan fingerprint density at radius 2 is 1.75 bits per heavy atom. The first-order valence-electron chi connectivity index (χ1n) is 7.01. The van der Waals surface area contributed by atoms with Gasteiger partial charge in [0.1, 0.15) is 0 Å². The normalized spacial score (nSPS) is 22.1. The Morgan fingerprint density at radius 1 is 1.15 bits per heavy atom. The van der Waals surface area contributed by atoms with Gasteiger partial charge >= 0.3 is 0 Å². The summed E-state index contributed by atoms with van der Waals surface area (Å²) in [4.78, 5) is 16.3. The van der Waals surface area contributed by atoms with Crippen LogP contribution in [0, 0.1) is 11.8 Å². The molecule has 1 heterocycles. The van der Waals surface area contributed by atoms with Gasteiger partial charge in [-0.1, -0.05) is 37.3 Å². The van der Waals surface area contributed by atoms with E-state index in [9.17, 15) is 4.79 Å². The molecule has 1 N–H and O–H groups in total. The molecule has 1 aliphatic carbocycles. The van der Waals surface area contributed by atoms with Crippen molar-refractivity contribution in [2.75, 3.05) is 0 Å². The number of hydrogen-bond acceptors (Lipinski definition) is 2. The second kappa shape index (κ2) is 5.45. The third-order valence-corrected chi connectivity index (χ3v) is 3.91. The Labute approximate surface area is 119 Å². The molecule has 1 aromatic carbocycles. The fourth-order valence-corrected chi connectivity index (χ4v) is 2.50. The Hall–Kier alpha value is -2.16. The van der Waals surface area contributed by atoms with Crippen molar-refractivity contribution in [3.05, 3.63) is 66.0 Å². The first-order chi connectivity index (χ1) is 9.75. The molecule has 1 aliphatic rings. The van der Waals surface area contributed by atoms with Crippen LogP contribution in [0.1, 0.15) is 30.5 Å². The zero-order valence-corrected chi connectivity index (χ0v) is 11.5. The summed E-state index contributed by atoms with van der Waals surface area (Å²) >= 11 is 0. The second-order valence-electron chi connectivity index (χ2n) is 5.45. The van der Waals surface area contributed by atoms with Crippen molar-refractivity contribution in [2.45, 2.75) is 19.4 Å². The highest BCUT2D eigenvalue weighted by Crippen LogP contribution is 2.38. The largest absolute Gasteiger partial charge is 0.345 e. The van der Waals surface area contributed by atoms with Crippen molar-refractivity contribution < 1.29 is 4.79 Å². The number of benzene rings is 1. The Bertz CT molecular complexity index is 543. The lowest BCUT2D eigenvalue weighted by Gasteiger charge is -2.19. The van der Waals surface area contributed by atoms with E-state index in [1.807, 2.05) is 42.5 Å². The number of nitrogens with one attached hydrogen (secondary N) is 1. The van der Waals surface area contributed by atoms with E-state index in [-0.39, 0.29) is 17.9 Å². The summed E-state index contributed by atoms with van der Waals surface area (Å²) in [5.41, 5.74) is 2.16. The smallest absolute Gasteiger partial charge is 0.224 e. The summed E-state index contributed by atoms with van der Waals surface area (Å²) < 4.78 is 0. The lowest BCUT2D eigenvalue weighted by molar-refractivity contribution is -0.123. The molecule has 0 radical (unpaired) electrons. The van der Waals surface area contributed by atoms with Crippen LogP contribution in [0.25, 0.3) is 0 Å². The molecule has 3 atom stereocenters. The molecule has 0 unspecified atom stereocenters. The summed E-state index contributed by atoms with van der Waals surface area (Å²) in [6.07, 6.45) is 4.53. The van der Waals surface area contributed by atoms with Gasteiger partial charge in [-0.25, -0.2) is 0 Å². The second-order valence-corrected chi connectivity index (χ2v) is 5.45. The highest BCUT2D eigenvalue weighted by Gasteiger charge is 2.39. The number of aromatic nitrogens is 1. The summed E-state index contributed by atoms with van der Waals surface area (Å²) in [6.45, 7) is 2.12. The molecular formula is C17H18N2O. The van der Waals surface area contributed by atoms with Crippen LogP contribution in [0.2, 0.25) is 0 Å². The van der Waals surface area contributed by atoms with Crippen molar-refractivity contribution in [1.29, 1.82) is 0 Å². The highest BCUT2D eigenvalue weighted by atomic mass is 16.2. The van der Waals surface area contributed by atoms with Crippen LogP contribution in [0.15, 0.2) is 54.9 Å². The first-order valence-corrected chi connectivity index (χ1v) is 7.01. The molecule has 1 amide bonds. The van der Waals surface area contributed by atoms with E-state index in [0.29, 0.717) is 5.92 Å². The molecule has 0 bridgehead atoms. The summed E-state index contributed by atoms with van der Waals surface area (Å²) in [7, 11) is 0. The minimum Gasteiger partial charge on any atom is -0.345 e. The number of pyridine rings is 1. The van der Waals surface area contributed by atoms with Crippen molar-refractivity contribution in [3.8, 4) is 0 Å². The van der Waals surface area contributed by atoms with Gasteiger partial charge in [0, 0.05) is 18.3 Å². The maximum absolute atomic E-state index is 12.2. The fraction of sp³-hybridized carbons (Fsp3) is 0.294. The molecule has 1 fully saturated rings. The SMILES string of the molecule is C[C@@H]1C[C@@H]1C(=O)N[C@@H](c1ccccc1)c1ccncc1. The first kappa shape index (κ1) is 12.9. The number of carbonyl (C=O) groups excluding carboxylic acids is 1. The zero-order chi connectivity index (χ0) is 13.9. The maximum atomic E-state index is 12.2. The summed E-state index contributed by atoms with van der Waals surface area (Å²) in [5.74, 6) is 0.857. The van der Waals surface area contributed by atoms with Gasteiger partial charge in [-0.3, -0.25) is 9.78 Å². The highest BCUT2D eigenvalue weighted by molar-refractivity contribution is 5.82. The van der Waals surface area contributed by atoms with Crippen LogP contribution in [0.5, 0.6) is 0 Å². The number of amides is 1. The molecule has 0 spiro atoms. The minimum atomic E-state index is -0.0977.